The number of fused-ring (bicyclic) bond motifs is 2. The maximum absolute atomic E-state index is 13.7. The Labute approximate surface area is 241 Å². The first-order valence-corrected chi connectivity index (χ1v) is 12.0. The van der Waals surface area contributed by atoms with Crippen molar-refractivity contribution in [3.8, 4) is 0 Å². The topological polar surface area (TPSA) is 199 Å². The molecule has 0 radical (unpaired) electrons. The van der Waals surface area contributed by atoms with Crippen molar-refractivity contribution in [1.82, 2.24) is 15.5 Å². The van der Waals surface area contributed by atoms with Gasteiger partial charge in [-0.05, 0) is 37.1 Å². The van der Waals surface area contributed by atoms with Gasteiger partial charge in [-0.3, -0.25) is 44.3 Å². The maximum atomic E-state index is 13.7. The second-order valence-corrected chi connectivity index (χ2v) is 9.01. The monoisotopic (exact) mass is 605 g/mol. The van der Waals surface area contributed by atoms with E-state index >= 15 is 0 Å². The second kappa shape index (κ2) is 12.7. The van der Waals surface area contributed by atoms with E-state index in [0.717, 1.165) is 17.0 Å². The van der Waals surface area contributed by atoms with E-state index < -0.39 is 59.3 Å². The van der Waals surface area contributed by atoms with Crippen molar-refractivity contribution in [1.29, 1.82) is 0 Å². The lowest BCUT2D eigenvalue weighted by Gasteiger charge is -2.27. The highest BCUT2D eigenvalue weighted by Crippen LogP contribution is 2.29. The molecule has 2 saturated heterocycles. The zero-order valence-corrected chi connectivity index (χ0v) is 22.0. The molecule has 220 valence electrons. The summed E-state index contributed by atoms with van der Waals surface area (Å²) in [5.74, 6) is -6.49. The van der Waals surface area contributed by atoms with Crippen LogP contribution in [-0.2, 0) is 23.9 Å². The first kappa shape index (κ1) is 31.6. The van der Waals surface area contributed by atoms with Gasteiger partial charge >= 0.3 is 11.9 Å². The Morgan fingerprint density at radius 1 is 0.714 bits per heavy atom. The molecule has 0 saturated carbocycles. The lowest BCUT2D eigenvalue weighted by Crippen LogP contribution is -3.00. The minimum atomic E-state index is -1.07. The number of nitrogens with two attached hydrogens (primary N) is 1. The zero-order chi connectivity index (χ0) is 30.0. The highest BCUT2D eigenvalue weighted by atomic mass is 35.5. The lowest BCUT2D eigenvalue weighted by atomic mass is 10.0. The van der Waals surface area contributed by atoms with Crippen molar-refractivity contribution < 1.29 is 64.3 Å². The van der Waals surface area contributed by atoms with Crippen LogP contribution in [0.1, 0.15) is 67.1 Å². The molecule has 4 N–H and O–H groups in total. The van der Waals surface area contributed by atoms with Crippen LogP contribution in [-0.4, -0.2) is 64.4 Å². The number of nitrogens with zero attached hydrogens (tertiary/aromatic N) is 1. The Kier molecular flexibility index (Phi) is 9.60. The molecule has 16 heteroatoms. The lowest BCUT2D eigenvalue weighted by molar-refractivity contribution is -0.137. The summed E-state index contributed by atoms with van der Waals surface area (Å²) in [5, 5.41) is 4.20. The van der Waals surface area contributed by atoms with E-state index in [1.165, 1.54) is 24.3 Å². The van der Waals surface area contributed by atoms with Crippen molar-refractivity contribution in [3.05, 3.63) is 70.3 Å². The number of piperidine rings is 2. The van der Waals surface area contributed by atoms with Gasteiger partial charge in [0.1, 0.15) is 23.2 Å². The van der Waals surface area contributed by atoms with E-state index in [1.54, 1.807) is 0 Å². The molecular formula is C26H20ClF2N4O9-. The molecule has 2 aromatic carbocycles. The summed E-state index contributed by atoms with van der Waals surface area (Å²) in [7, 11) is 0. The summed E-state index contributed by atoms with van der Waals surface area (Å²) in [6.07, 6.45) is 0.932. The molecule has 0 spiro atoms. The Hall–Kier alpha value is -4.89. The van der Waals surface area contributed by atoms with Crippen LogP contribution in [0.2, 0.25) is 0 Å². The first-order valence-electron chi connectivity index (χ1n) is 12.0. The van der Waals surface area contributed by atoms with Crippen molar-refractivity contribution >= 4 is 47.4 Å². The molecule has 6 amide bonds. The fourth-order valence-electron chi connectivity index (χ4n) is 4.28. The van der Waals surface area contributed by atoms with Crippen LogP contribution in [0.4, 0.5) is 8.78 Å². The Bertz CT molecular complexity index is 1550. The average Bonchev–Trinajstić information content (AvgIpc) is 3.35. The van der Waals surface area contributed by atoms with Crippen LogP contribution in [0.3, 0.4) is 0 Å². The molecule has 4 aliphatic rings. The second-order valence-electron chi connectivity index (χ2n) is 9.01. The number of hydrogen-bond donors (Lipinski definition) is 3. The SMILES string of the molecule is NC1CCC(=O)NC1=O.O=C1CCC(N2C(=O)c3cccc(F)c3C2=O)C(=O)N1.O=C1OC(=O)c2c(F)cccc21.[Cl-]. The highest BCUT2D eigenvalue weighted by molar-refractivity contribution is 6.23. The number of hydrogen-bond acceptors (Lipinski definition) is 10. The Morgan fingerprint density at radius 2 is 1.26 bits per heavy atom. The molecule has 2 unspecified atom stereocenters. The number of esters is 2. The van der Waals surface area contributed by atoms with Crippen molar-refractivity contribution in [3.63, 3.8) is 0 Å². The maximum Gasteiger partial charge on any atom is 0.349 e. The van der Waals surface area contributed by atoms with Crippen LogP contribution >= 0.6 is 0 Å². The first-order chi connectivity index (χ1) is 19.4. The third-order valence-electron chi connectivity index (χ3n) is 6.32. The summed E-state index contributed by atoms with van der Waals surface area (Å²) in [5.41, 5.74) is 4.64. The minimum Gasteiger partial charge on any atom is -1.00 e. The van der Waals surface area contributed by atoms with Gasteiger partial charge in [0.25, 0.3) is 11.8 Å². The number of amides is 6. The van der Waals surface area contributed by atoms with Crippen LogP contribution in [0.15, 0.2) is 36.4 Å². The predicted molar refractivity (Wildman–Crippen MR) is 130 cm³/mol. The van der Waals surface area contributed by atoms with E-state index in [0.29, 0.717) is 12.8 Å². The zero-order valence-electron chi connectivity index (χ0n) is 21.3. The fraction of sp³-hybridized carbons (Fsp3) is 0.231. The van der Waals surface area contributed by atoms with Crippen molar-refractivity contribution in [2.75, 3.05) is 0 Å². The fourth-order valence-corrected chi connectivity index (χ4v) is 4.28. The van der Waals surface area contributed by atoms with Crippen LogP contribution in [0.5, 0.6) is 0 Å². The molecule has 0 aromatic heterocycles. The number of carbonyl (C=O) groups excluding carboxylic acids is 8. The van der Waals surface area contributed by atoms with Crippen molar-refractivity contribution in [2.45, 2.75) is 37.8 Å². The third kappa shape index (κ3) is 6.21. The number of carbonyl (C=O) groups is 8. The summed E-state index contributed by atoms with van der Waals surface area (Å²) in [6.45, 7) is 0. The molecule has 0 aliphatic carbocycles. The van der Waals surface area contributed by atoms with E-state index in [-0.39, 0.29) is 59.3 Å². The van der Waals surface area contributed by atoms with Gasteiger partial charge in [0, 0.05) is 12.8 Å². The van der Waals surface area contributed by atoms with Crippen LogP contribution in [0, 0.1) is 11.6 Å². The molecule has 13 nitrogen and oxygen atoms in total. The summed E-state index contributed by atoms with van der Waals surface area (Å²) >= 11 is 0. The highest BCUT2D eigenvalue weighted by Gasteiger charge is 2.45. The molecule has 4 aliphatic heterocycles. The molecule has 42 heavy (non-hydrogen) atoms. The van der Waals surface area contributed by atoms with Gasteiger partial charge in [0.2, 0.25) is 23.6 Å². The van der Waals surface area contributed by atoms with Gasteiger partial charge in [-0.25, -0.2) is 18.4 Å². The van der Waals surface area contributed by atoms with E-state index in [1.807, 2.05) is 0 Å². The normalized spacial score (nSPS) is 20.6. The Balaban J connectivity index is 0.000000188. The van der Waals surface area contributed by atoms with E-state index in [9.17, 15) is 47.1 Å². The van der Waals surface area contributed by atoms with Crippen LogP contribution in [0.25, 0.3) is 0 Å². The molecule has 6 rings (SSSR count). The summed E-state index contributed by atoms with van der Waals surface area (Å²) in [6, 6.07) is 6.01. The molecule has 0 bridgehead atoms. The number of ether oxygens (including phenoxy) is 1. The standard InChI is InChI=1S/C13H9FN2O4.C8H3FO3.C5H8N2O2.ClH/c14-7-3-1-2-6-10(7)13(20)16(12(6)19)8-4-5-9(17)15-11(8)18;9-5-3-1-2-4-6(5)8(11)12-7(4)10;6-3-1-2-4(8)7-5(3)9;/h1-3,8H,4-5H2,(H,15,17,18);1-3H;3H,1-2,6H2,(H,7,8,9);1H/p-1. The molecule has 2 atom stereocenters. The summed E-state index contributed by atoms with van der Waals surface area (Å²) < 4.78 is 30.7. The van der Waals surface area contributed by atoms with Gasteiger partial charge < -0.3 is 22.9 Å². The third-order valence-corrected chi connectivity index (χ3v) is 6.32. The van der Waals surface area contributed by atoms with Gasteiger partial charge in [0.05, 0.1) is 22.7 Å². The predicted octanol–water partition coefficient (Wildman–Crippen LogP) is -2.88. The van der Waals surface area contributed by atoms with Crippen molar-refractivity contribution in [2.24, 2.45) is 5.73 Å². The quantitative estimate of drug-likeness (QED) is 0.172. The number of imide groups is 3. The van der Waals surface area contributed by atoms with Gasteiger partial charge in [0.15, 0.2) is 0 Å². The van der Waals surface area contributed by atoms with Gasteiger partial charge in [-0.15, -0.1) is 0 Å². The number of benzene rings is 2. The van der Waals surface area contributed by atoms with Gasteiger partial charge in [-0.2, -0.15) is 0 Å². The number of rotatable bonds is 1. The molecule has 4 heterocycles. The van der Waals surface area contributed by atoms with Gasteiger partial charge in [-0.1, -0.05) is 12.1 Å². The number of nitrogens with one attached hydrogen (secondary N) is 2. The smallest absolute Gasteiger partial charge is 0.349 e. The average molecular weight is 606 g/mol. The number of cyclic esters (lactones) is 2. The molecular weight excluding hydrogens is 586 g/mol. The minimum absolute atomic E-state index is 0. The van der Waals surface area contributed by atoms with E-state index in [4.69, 9.17) is 5.73 Å². The van der Waals surface area contributed by atoms with Crippen LogP contribution < -0.4 is 28.8 Å². The Morgan fingerprint density at radius 3 is 1.79 bits per heavy atom. The molecule has 2 aromatic rings. The molecule has 2 fully saturated rings. The summed E-state index contributed by atoms with van der Waals surface area (Å²) in [4.78, 5) is 90.5. The number of halogens is 3. The van der Waals surface area contributed by atoms with E-state index in [2.05, 4.69) is 15.4 Å². The largest absolute Gasteiger partial charge is 1.00 e.